The second-order valence-electron chi connectivity index (χ2n) is 5.01. The smallest absolute Gasteiger partial charge is 0.281 e. The van der Waals surface area contributed by atoms with Crippen LogP contribution in [0.4, 0.5) is 0 Å². The zero-order valence-electron chi connectivity index (χ0n) is 11.0. The van der Waals surface area contributed by atoms with Crippen molar-refractivity contribution >= 4 is 10.2 Å². The maximum absolute atomic E-state index is 12.3. The molecular weight excluding hydrogens is 240 g/mol. The van der Waals surface area contributed by atoms with Gasteiger partial charge in [0.05, 0.1) is 0 Å². The van der Waals surface area contributed by atoms with Crippen LogP contribution in [0.15, 0.2) is 0 Å². The number of nitrogens with zero attached hydrogens (tertiary/aromatic N) is 2. The summed E-state index contributed by atoms with van der Waals surface area (Å²) in [5.41, 5.74) is 0. The van der Waals surface area contributed by atoms with Crippen LogP contribution in [0.25, 0.3) is 0 Å². The molecule has 17 heavy (non-hydrogen) atoms. The van der Waals surface area contributed by atoms with Gasteiger partial charge in [-0.25, -0.2) is 0 Å². The first-order valence-electron chi connectivity index (χ1n) is 6.23. The Morgan fingerprint density at radius 1 is 1.35 bits per heavy atom. The minimum Gasteiger partial charge on any atom is -0.396 e. The van der Waals surface area contributed by atoms with Crippen molar-refractivity contribution in [2.45, 2.75) is 39.2 Å². The minimum absolute atomic E-state index is 0.0197. The molecule has 1 aliphatic heterocycles. The summed E-state index contributed by atoms with van der Waals surface area (Å²) in [7, 11) is -1.78. The van der Waals surface area contributed by atoms with E-state index in [0.29, 0.717) is 25.4 Å². The highest BCUT2D eigenvalue weighted by atomic mass is 32.2. The van der Waals surface area contributed by atoms with E-state index in [0.717, 1.165) is 12.8 Å². The molecular formula is C11H24N2O3S. The molecule has 1 aliphatic rings. The van der Waals surface area contributed by atoms with Gasteiger partial charge in [-0.1, -0.05) is 6.92 Å². The molecule has 0 aromatic rings. The molecule has 1 saturated heterocycles. The lowest BCUT2D eigenvalue weighted by molar-refractivity contribution is 0.203. The quantitative estimate of drug-likeness (QED) is 0.794. The summed E-state index contributed by atoms with van der Waals surface area (Å²) >= 11 is 0. The Balaban J connectivity index is 2.73. The first kappa shape index (κ1) is 14.9. The number of aliphatic hydroxyl groups is 1. The summed E-state index contributed by atoms with van der Waals surface area (Å²) < 4.78 is 27.6. The predicted molar refractivity (Wildman–Crippen MR) is 67.8 cm³/mol. The predicted octanol–water partition coefficient (Wildman–Crippen LogP) is 0.666. The van der Waals surface area contributed by atoms with Gasteiger partial charge >= 0.3 is 0 Å². The molecule has 0 amide bonds. The van der Waals surface area contributed by atoms with Crippen LogP contribution in [0.2, 0.25) is 0 Å². The van der Waals surface area contributed by atoms with Gasteiger partial charge < -0.3 is 5.11 Å². The summed E-state index contributed by atoms with van der Waals surface area (Å²) in [4.78, 5) is 0. The van der Waals surface area contributed by atoms with Gasteiger partial charge in [0.2, 0.25) is 0 Å². The standard InChI is InChI=1S/C11H24N2O3S/c1-10-5-6-11(2)13(9-10)17(15,16)12(3)7-4-8-14/h10-11,14H,4-9H2,1-3H3. The fraction of sp³-hybridized carbons (Fsp3) is 1.00. The molecule has 5 nitrogen and oxygen atoms in total. The number of hydrogen-bond donors (Lipinski definition) is 1. The largest absolute Gasteiger partial charge is 0.396 e. The number of aliphatic hydroxyl groups excluding tert-OH is 1. The average Bonchev–Trinajstić information content (AvgIpc) is 2.28. The molecule has 0 aliphatic carbocycles. The summed E-state index contributed by atoms with van der Waals surface area (Å²) in [6.07, 6.45) is 2.50. The van der Waals surface area contributed by atoms with Crippen LogP contribution >= 0.6 is 0 Å². The first-order chi connectivity index (χ1) is 7.89. The average molecular weight is 264 g/mol. The van der Waals surface area contributed by atoms with Crippen molar-refractivity contribution in [3.63, 3.8) is 0 Å². The van der Waals surface area contributed by atoms with Gasteiger partial charge in [-0.2, -0.15) is 17.0 Å². The lowest BCUT2D eigenvalue weighted by Gasteiger charge is -2.37. The lowest BCUT2D eigenvalue weighted by Crippen LogP contribution is -2.50. The Morgan fingerprint density at radius 2 is 2.00 bits per heavy atom. The zero-order chi connectivity index (χ0) is 13.1. The molecule has 1 heterocycles. The van der Waals surface area contributed by atoms with Crippen LogP contribution in [0, 0.1) is 5.92 Å². The summed E-state index contributed by atoms with van der Waals surface area (Å²) in [5, 5.41) is 8.75. The van der Waals surface area contributed by atoms with Gasteiger partial charge in [0, 0.05) is 32.8 Å². The molecule has 2 unspecified atom stereocenters. The van der Waals surface area contributed by atoms with Crippen molar-refractivity contribution in [2.75, 3.05) is 26.7 Å². The normalized spacial score (nSPS) is 27.6. The van der Waals surface area contributed by atoms with Crippen LogP contribution in [-0.2, 0) is 10.2 Å². The van der Waals surface area contributed by atoms with Gasteiger partial charge in [0.15, 0.2) is 0 Å². The van der Waals surface area contributed by atoms with E-state index in [2.05, 4.69) is 6.92 Å². The second-order valence-corrected chi connectivity index (χ2v) is 7.00. The third-order valence-corrected chi connectivity index (χ3v) is 5.45. The van der Waals surface area contributed by atoms with Gasteiger partial charge in [-0.3, -0.25) is 0 Å². The van der Waals surface area contributed by atoms with E-state index >= 15 is 0 Å². The monoisotopic (exact) mass is 264 g/mol. The van der Waals surface area contributed by atoms with Gasteiger partial charge in [-0.15, -0.1) is 0 Å². The highest BCUT2D eigenvalue weighted by Crippen LogP contribution is 2.25. The van der Waals surface area contributed by atoms with E-state index in [9.17, 15) is 8.42 Å². The summed E-state index contributed by atoms with van der Waals surface area (Å²) in [5.74, 6) is 0.423. The van der Waals surface area contributed by atoms with Crippen LogP contribution in [0.1, 0.15) is 33.1 Å². The van der Waals surface area contributed by atoms with E-state index < -0.39 is 10.2 Å². The molecule has 6 heteroatoms. The zero-order valence-corrected chi connectivity index (χ0v) is 11.8. The Hall–Kier alpha value is -0.170. The molecule has 0 bridgehead atoms. The number of rotatable bonds is 5. The topological polar surface area (TPSA) is 60.9 Å². The van der Waals surface area contributed by atoms with Crippen molar-refractivity contribution in [1.29, 1.82) is 0 Å². The van der Waals surface area contributed by atoms with Crippen molar-refractivity contribution < 1.29 is 13.5 Å². The minimum atomic E-state index is -3.36. The Kier molecular flexibility index (Phi) is 5.37. The number of hydrogen-bond acceptors (Lipinski definition) is 3. The molecule has 102 valence electrons. The van der Waals surface area contributed by atoms with E-state index in [1.165, 1.54) is 4.31 Å². The fourth-order valence-electron chi connectivity index (χ4n) is 2.16. The van der Waals surface area contributed by atoms with Crippen LogP contribution in [0.5, 0.6) is 0 Å². The fourth-order valence-corrected chi connectivity index (χ4v) is 3.88. The van der Waals surface area contributed by atoms with E-state index in [1.54, 1.807) is 11.4 Å². The van der Waals surface area contributed by atoms with Gasteiger partial charge in [0.25, 0.3) is 10.2 Å². The lowest BCUT2D eigenvalue weighted by atomic mass is 9.97. The molecule has 0 aromatic heterocycles. The maximum Gasteiger partial charge on any atom is 0.281 e. The Bertz CT molecular complexity index is 332. The molecule has 1 rings (SSSR count). The molecule has 2 atom stereocenters. The third-order valence-electron chi connectivity index (χ3n) is 3.38. The van der Waals surface area contributed by atoms with E-state index in [1.807, 2.05) is 6.92 Å². The van der Waals surface area contributed by atoms with Crippen LogP contribution < -0.4 is 0 Å². The summed E-state index contributed by atoms with van der Waals surface area (Å²) in [6.45, 7) is 5.04. The SMILES string of the molecule is CC1CCC(C)N(S(=O)(=O)N(C)CCCO)C1. The molecule has 1 N–H and O–H groups in total. The van der Waals surface area contributed by atoms with E-state index in [-0.39, 0.29) is 12.6 Å². The summed E-state index contributed by atoms with van der Waals surface area (Å²) in [6, 6.07) is 0.0766. The van der Waals surface area contributed by atoms with Gasteiger partial charge in [-0.05, 0) is 32.1 Å². The molecule has 0 aromatic carbocycles. The van der Waals surface area contributed by atoms with Crippen molar-refractivity contribution in [1.82, 2.24) is 8.61 Å². The maximum atomic E-state index is 12.3. The van der Waals surface area contributed by atoms with Crippen molar-refractivity contribution in [2.24, 2.45) is 5.92 Å². The molecule has 1 fully saturated rings. The molecule has 0 radical (unpaired) electrons. The number of piperidine rings is 1. The van der Waals surface area contributed by atoms with Crippen molar-refractivity contribution in [3.05, 3.63) is 0 Å². The highest BCUT2D eigenvalue weighted by Gasteiger charge is 2.34. The Morgan fingerprint density at radius 3 is 2.59 bits per heavy atom. The molecule has 0 spiro atoms. The van der Waals surface area contributed by atoms with E-state index in [4.69, 9.17) is 5.11 Å². The highest BCUT2D eigenvalue weighted by molar-refractivity contribution is 7.86. The second kappa shape index (κ2) is 6.13. The molecule has 0 saturated carbocycles. The first-order valence-corrected chi connectivity index (χ1v) is 7.63. The Labute approximate surface area is 105 Å². The third kappa shape index (κ3) is 3.64. The van der Waals surface area contributed by atoms with Crippen LogP contribution in [0.3, 0.4) is 0 Å². The van der Waals surface area contributed by atoms with Crippen molar-refractivity contribution in [3.8, 4) is 0 Å². The van der Waals surface area contributed by atoms with Gasteiger partial charge in [0.1, 0.15) is 0 Å². The van der Waals surface area contributed by atoms with Crippen LogP contribution in [-0.4, -0.2) is 54.9 Å².